The molecule has 178 valence electrons. The normalized spacial score (nSPS) is 12.1. The van der Waals surface area contributed by atoms with Crippen LogP contribution in [0.15, 0.2) is 77.7 Å². The first-order valence-corrected chi connectivity index (χ1v) is 11.9. The minimum atomic E-state index is -3.79. The van der Waals surface area contributed by atoms with Crippen molar-refractivity contribution in [2.45, 2.75) is 17.9 Å². The Balaban J connectivity index is 1.98. The van der Waals surface area contributed by atoms with Gasteiger partial charge in [-0.1, -0.05) is 42.5 Å². The number of ketones is 1. The van der Waals surface area contributed by atoms with Gasteiger partial charge in [0.15, 0.2) is 5.78 Å². The molecule has 0 aliphatic heterocycles. The first-order valence-electron chi connectivity index (χ1n) is 10.5. The number of sulfonamides is 1. The quantitative estimate of drug-likeness (QED) is 0.449. The first-order chi connectivity index (χ1) is 16.1. The minimum Gasteiger partial charge on any atom is -0.495 e. The van der Waals surface area contributed by atoms with E-state index in [1.807, 2.05) is 18.2 Å². The number of anilines is 2. The first kappa shape index (κ1) is 24.9. The van der Waals surface area contributed by atoms with Crippen molar-refractivity contribution < 1.29 is 22.7 Å². The summed E-state index contributed by atoms with van der Waals surface area (Å²) in [6.07, 6.45) is 0. The van der Waals surface area contributed by atoms with Crippen molar-refractivity contribution in [2.75, 3.05) is 31.8 Å². The molecule has 1 unspecified atom stereocenters. The average Bonchev–Trinajstić information content (AvgIpc) is 2.82. The Morgan fingerprint density at radius 2 is 1.62 bits per heavy atom. The van der Waals surface area contributed by atoms with Crippen LogP contribution in [0.1, 0.15) is 28.9 Å². The maximum absolute atomic E-state index is 13.3. The van der Waals surface area contributed by atoms with Crippen LogP contribution in [0.4, 0.5) is 11.4 Å². The molecule has 0 radical (unpaired) electrons. The van der Waals surface area contributed by atoms with E-state index in [0.29, 0.717) is 22.5 Å². The summed E-state index contributed by atoms with van der Waals surface area (Å²) in [4.78, 5) is 25.0. The Morgan fingerprint density at radius 1 is 0.912 bits per heavy atom. The molecule has 0 spiro atoms. The van der Waals surface area contributed by atoms with Crippen LogP contribution >= 0.6 is 0 Å². The Bertz CT molecular complexity index is 1290. The smallest absolute Gasteiger partial charge is 0.251 e. The summed E-state index contributed by atoms with van der Waals surface area (Å²) >= 11 is 0. The second-order valence-corrected chi connectivity index (χ2v) is 9.89. The van der Waals surface area contributed by atoms with Crippen LogP contribution in [0.5, 0.6) is 5.75 Å². The van der Waals surface area contributed by atoms with Gasteiger partial charge in [0.05, 0.1) is 7.11 Å². The van der Waals surface area contributed by atoms with Crippen molar-refractivity contribution in [3.05, 3.63) is 83.9 Å². The van der Waals surface area contributed by atoms with Crippen molar-refractivity contribution in [3.8, 4) is 5.75 Å². The van der Waals surface area contributed by atoms with E-state index in [4.69, 9.17) is 4.74 Å². The van der Waals surface area contributed by atoms with Gasteiger partial charge >= 0.3 is 0 Å². The molecule has 0 fully saturated rings. The van der Waals surface area contributed by atoms with Crippen LogP contribution in [0.3, 0.4) is 0 Å². The Labute approximate surface area is 199 Å². The molecular formula is C25H27N3O5S. The van der Waals surface area contributed by atoms with Gasteiger partial charge in [0, 0.05) is 31.0 Å². The van der Waals surface area contributed by atoms with E-state index in [0.717, 1.165) is 4.31 Å². The summed E-state index contributed by atoms with van der Waals surface area (Å²) in [6, 6.07) is 19.5. The third-order valence-corrected chi connectivity index (χ3v) is 7.00. The lowest BCUT2D eigenvalue weighted by Crippen LogP contribution is -2.27. The van der Waals surface area contributed by atoms with Crippen molar-refractivity contribution in [3.63, 3.8) is 0 Å². The van der Waals surface area contributed by atoms with Crippen molar-refractivity contribution in [2.24, 2.45) is 0 Å². The fourth-order valence-electron chi connectivity index (χ4n) is 3.31. The van der Waals surface area contributed by atoms with Gasteiger partial charge in [-0.25, -0.2) is 12.7 Å². The summed E-state index contributed by atoms with van der Waals surface area (Å²) < 4.78 is 31.9. The number of hydrogen-bond donors (Lipinski definition) is 2. The summed E-state index contributed by atoms with van der Waals surface area (Å²) in [7, 11) is 0.476. The number of ether oxygens (including phenoxy) is 1. The van der Waals surface area contributed by atoms with Gasteiger partial charge in [0.2, 0.25) is 10.0 Å². The van der Waals surface area contributed by atoms with E-state index < -0.39 is 16.1 Å². The molecule has 1 atom stereocenters. The van der Waals surface area contributed by atoms with E-state index in [1.54, 1.807) is 42.5 Å². The van der Waals surface area contributed by atoms with Crippen molar-refractivity contribution in [1.29, 1.82) is 0 Å². The van der Waals surface area contributed by atoms with Crippen LogP contribution < -0.4 is 15.4 Å². The standard InChI is InChI=1S/C25H27N3O5S/c1-17(29)19-11-8-12-20(15-19)27-25(30)24(18-9-6-5-7-10-18)26-21-13-14-22(33-4)23(16-21)34(31,32)28(2)3/h5-16,24,26H,1-4H3,(H,27,30). The number of nitrogens with one attached hydrogen (secondary N) is 2. The third-order valence-electron chi connectivity index (χ3n) is 5.16. The van der Waals surface area contributed by atoms with Crippen LogP contribution in [-0.4, -0.2) is 45.6 Å². The Hall–Kier alpha value is -3.69. The van der Waals surface area contributed by atoms with E-state index in [2.05, 4.69) is 10.6 Å². The molecule has 8 nitrogen and oxygen atoms in total. The maximum atomic E-state index is 13.3. The lowest BCUT2D eigenvalue weighted by atomic mass is 10.0. The highest BCUT2D eigenvalue weighted by Crippen LogP contribution is 2.31. The zero-order chi connectivity index (χ0) is 24.9. The summed E-state index contributed by atoms with van der Waals surface area (Å²) in [6.45, 7) is 1.46. The van der Waals surface area contributed by atoms with Crippen LogP contribution in [0, 0.1) is 0 Å². The van der Waals surface area contributed by atoms with Gasteiger partial charge in [0.25, 0.3) is 5.91 Å². The summed E-state index contributed by atoms with van der Waals surface area (Å²) in [5, 5.41) is 5.97. The lowest BCUT2D eigenvalue weighted by Gasteiger charge is -2.22. The number of carbonyl (C=O) groups is 2. The molecule has 0 saturated carbocycles. The SMILES string of the molecule is COc1ccc(NC(C(=O)Nc2cccc(C(C)=O)c2)c2ccccc2)cc1S(=O)(=O)N(C)C. The number of nitrogens with zero attached hydrogens (tertiary/aromatic N) is 1. The molecule has 0 bridgehead atoms. The highest BCUT2D eigenvalue weighted by Gasteiger charge is 2.25. The summed E-state index contributed by atoms with van der Waals surface area (Å²) in [5.41, 5.74) is 2.06. The predicted molar refractivity (Wildman–Crippen MR) is 132 cm³/mol. The number of amides is 1. The Kier molecular flexibility index (Phi) is 7.70. The highest BCUT2D eigenvalue weighted by molar-refractivity contribution is 7.89. The number of Topliss-reactive ketones (excluding diaryl/α,β-unsaturated/α-hetero) is 1. The van der Waals surface area contributed by atoms with E-state index in [1.165, 1.54) is 40.3 Å². The second-order valence-electron chi connectivity index (χ2n) is 7.77. The van der Waals surface area contributed by atoms with E-state index >= 15 is 0 Å². The maximum Gasteiger partial charge on any atom is 0.251 e. The molecule has 0 saturated heterocycles. The minimum absolute atomic E-state index is 0.0219. The van der Waals surface area contributed by atoms with Crippen molar-refractivity contribution >= 4 is 33.1 Å². The molecule has 3 aromatic carbocycles. The molecule has 0 aromatic heterocycles. The van der Waals surface area contributed by atoms with Crippen LogP contribution in [0.25, 0.3) is 0 Å². The molecule has 3 aromatic rings. The van der Waals surface area contributed by atoms with E-state index in [-0.39, 0.29) is 22.3 Å². The van der Waals surface area contributed by atoms with Crippen LogP contribution in [0.2, 0.25) is 0 Å². The number of hydrogen-bond acceptors (Lipinski definition) is 6. The van der Waals surface area contributed by atoms with E-state index in [9.17, 15) is 18.0 Å². The Morgan fingerprint density at radius 3 is 2.24 bits per heavy atom. The molecule has 1 amide bonds. The number of carbonyl (C=O) groups excluding carboxylic acids is 2. The molecular weight excluding hydrogens is 454 g/mol. The summed E-state index contributed by atoms with van der Waals surface area (Å²) in [5.74, 6) is -0.289. The topological polar surface area (TPSA) is 105 Å². The highest BCUT2D eigenvalue weighted by atomic mass is 32.2. The largest absolute Gasteiger partial charge is 0.495 e. The zero-order valence-electron chi connectivity index (χ0n) is 19.4. The van der Waals surface area contributed by atoms with Crippen molar-refractivity contribution in [1.82, 2.24) is 4.31 Å². The lowest BCUT2D eigenvalue weighted by molar-refractivity contribution is -0.117. The monoisotopic (exact) mass is 481 g/mol. The van der Waals surface area contributed by atoms with Gasteiger partial charge in [-0.2, -0.15) is 0 Å². The van der Waals surface area contributed by atoms with Gasteiger partial charge in [-0.15, -0.1) is 0 Å². The molecule has 9 heteroatoms. The molecule has 0 aliphatic rings. The van der Waals surface area contributed by atoms with Gasteiger partial charge in [-0.3, -0.25) is 9.59 Å². The van der Waals surface area contributed by atoms with Crippen LogP contribution in [-0.2, 0) is 14.8 Å². The van der Waals surface area contributed by atoms with Gasteiger partial charge < -0.3 is 15.4 Å². The number of benzene rings is 3. The van der Waals surface area contributed by atoms with Gasteiger partial charge in [0.1, 0.15) is 16.7 Å². The van der Waals surface area contributed by atoms with Gasteiger partial charge in [-0.05, 0) is 42.8 Å². The third kappa shape index (κ3) is 5.62. The fourth-order valence-corrected chi connectivity index (χ4v) is 4.38. The fraction of sp³-hybridized carbons (Fsp3) is 0.200. The molecule has 34 heavy (non-hydrogen) atoms. The number of rotatable bonds is 9. The zero-order valence-corrected chi connectivity index (χ0v) is 20.2. The second kappa shape index (κ2) is 10.5. The number of methoxy groups -OCH3 is 1. The molecule has 0 aliphatic carbocycles. The molecule has 0 heterocycles. The average molecular weight is 482 g/mol. The predicted octanol–water partition coefficient (Wildman–Crippen LogP) is 3.94. The molecule has 3 rings (SSSR count). The molecule has 2 N–H and O–H groups in total.